The van der Waals surface area contributed by atoms with Gasteiger partial charge >= 0.3 is 0 Å². The molecule has 1 aromatic carbocycles. The van der Waals surface area contributed by atoms with Crippen molar-refractivity contribution in [2.75, 3.05) is 24.3 Å². The first-order valence-corrected chi connectivity index (χ1v) is 10.9. The molecule has 4 aliphatic rings. The van der Waals surface area contributed by atoms with Crippen LogP contribution in [0.3, 0.4) is 0 Å². The summed E-state index contributed by atoms with van der Waals surface area (Å²) in [6, 6.07) is 5.06. The molecule has 0 saturated heterocycles. The largest absolute Gasteiger partial charge is 0.497 e. The maximum absolute atomic E-state index is 13.0. The van der Waals surface area contributed by atoms with Gasteiger partial charge in [0.1, 0.15) is 5.75 Å². The summed E-state index contributed by atoms with van der Waals surface area (Å²) in [5.74, 6) is 2.41. The van der Waals surface area contributed by atoms with Gasteiger partial charge in [-0.25, -0.2) is 0 Å². The number of nitrogens with one attached hydrogen (secondary N) is 3. The molecule has 162 valence electrons. The highest BCUT2D eigenvalue weighted by Gasteiger charge is 2.54. The van der Waals surface area contributed by atoms with Gasteiger partial charge in [0.15, 0.2) is 0 Å². The van der Waals surface area contributed by atoms with Crippen LogP contribution in [0.5, 0.6) is 5.75 Å². The number of ether oxygens (including phenoxy) is 1. The van der Waals surface area contributed by atoms with Crippen LogP contribution in [-0.2, 0) is 14.4 Å². The standard InChI is InChI=1S/C23H31N3O4/c1-14(27)25-19-4-3-18(30-2)10-20(19)26-21(28)5-6-24-22(29)23-11-15-7-16(12-23)9-17(8-15)13-23/h3-4,10,15-17H,5-9,11-13H2,1-2H3,(H,24,29)(H,25,27)(H,26,28). The number of hydrogen-bond donors (Lipinski definition) is 3. The molecule has 1 aromatic rings. The van der Waals surface area contributed by atoms with Crippen molar-refractivity contribution in [3.8, 4) is 5.75 Å². The van der Waals surface area contributed by atoms with E-state index < -0.39 is 0 Å². The van der Waals surface area contributed by atoms with E-state index in [-0.39, 0.29) is 29.6 Å². The fraction of sp³-hybridized carbons (Fsp3) is 0.609. The average molecular weight is 414 g/mol. The number of carbonyl (C=O) groups excluding carboxylic acids is 3. The lowest BCUT2D eigenvalue weighted by Gasteiger charge is -2.55. The van der Waals surface area contributed by atoms with Crippen molar-refractivity contribution < 1.29 is 19.1 Å². The lowest BCUT2D eigenvalue weighted by atomic mass is 9.49. The van der Waals surface area contributed by atoms with Crippen LogP contribution in [0.2, 0.25) is 0 Å². The predicted octanol–water partition coefficient (Wildman–Crippen LogP) is 3.31. The van der Waals surface area contributed by atoms with E-state index in [4.69, 9.17) is 4.74 Å². The Balaban J connectivity index is 1.31. The Labute approximate surface area is 177 Å². The maximum atomic E-state index is 13.0. The Bertz CT molecular complexity index is 816. The molecule has 0 aromatic heterocycles. The molecule has 0 atom stereocenters. The van der Waals surface area contributed by atoms with E-state index >= 15 is 0 Å². The SMILES string of the molecule is COc1ccc(NC(C)=O)c(NC(=O)CCNC(=O)C23CC4CC(CC(C4)C2)C3)c1. The molecular formula is C23H31N3O4. The maximum Gasteiger partial charge on any atom is 0.226 e. The normalized spacial score (nSPS) is 28.7. The minimum Gasteiger partial charge on any atom is -0.497 e. The van der Waals surface area contributed by atoms with Crippen LogP contribution >= 0.6 is 0 Å². The molecule has 4 fully saturated rings. The number of methoxy groups -OCH3 is 1. The van der Waals surface area contributed by atoms with Crippen LogP contribution in [0.4, 0.5) is 11.4 Å². The zero-order chi connectivity index (χ0) is 21.3. The second-order valence-electron chi connectivity index (χ2n) is 9.34. The van der Waals surface area contributed by atoms with Gasteiger partial charge in [-0.2, -0.15) is 0 Å². The summed E-state index contributed by atoms with van der Waals surface area (Å²) in [4.78, 5) is 36.9. The van der Waals surface area contributed by atoms with Gasteiger partial charge in [-0.15, -0.1) is 0 Å². The van der Waals surface area contributed by atoms with Crippen LogP contribution in [-0.4, -0.2) is 31.4 Å². The third-order valence-corrected chi connectivity index (χ3v) is 6.97. The van der Waals surface area contributed by atoms with Crippen LogP contribution in [0.15, 0.2) is 18.2 Å². The quantitative estimate of drug-likeness (QED) is 0.639. The molecular weight excluding hydrogens is 382 g/mol. The number of hydrogen-bond acceptors (Lipinski definition) is 4. The van der Waals surface area contributed by atoms with Crippen molar-refractivity contribution in [2.45, 2.75) is 51.9 Å². The first kappa shape index (κ1) is 20.7. The summed E-state index contributed by atoms with van der Waals surface area (Å²) in [5.41, 5.74) is 0.785. The lowest BCUT2D eigenvalue weighted by Crippen LogP contribution is -2.53. The van der Waals surface area contributed by atoms with E-state index in [9.17, 15) is 14.4 Å². The summed E-state index contributed by atoms with van der Waals surface area (Å²) in [5, 5.41) is 8.55. The van der Waals surface area contributed by atoms with Gasteiger partial charge in [0.05, 0.1) is 18.5 Å². The van der Waals surface area contributed by atoms with Gasteiger partial charge in [0.2, 0.25) is 17.7 Å². The Morgan fingerprint density at radius 3 is 2.20 bits per heavy atom. The van der Waals surface area contributed by atoms with Crippen molar-refractivity contribution in [1.29, 1.82) is 0 Å². The summed E-state index contributed by atoms with van der Waals surface area (Å²) >= 11 is 0. The number of anilines is 2. The fourth-order valence-corrected chi connectivity index (χ4v) is 6.13. The van der Waals surface area contributed by atoms with Crippen molar-refractivity contribution in [3.63, 3.8) is 0 Å². The molecule has 3 N–H and O–H groups in total. The molecule has 0 aliphatic heterocycles. The van der Waals surface area contributed by atoms with Crippen LogP contribution in [0.25, 0.3) is 0 Å². The summed E-state index contributed by atoms with van der Waals surface area (Å²) in [6.07, 6.45) is 7.11. The monoisotopic (exact) mass is 413 g/mol. The van der Waals surface area contributed by atoms with Crippen LogP contribution in [0.1, 0.15) is 51.9 Å². The molecule has 0 spiro atoms. The predicted molar refractivity (Wildman–Crippen MR) is 114 cm³/mol. The highest BCUT2D eigenvalue weighted by atomic mass is 16.5. The minimum absolute atomic E-state index is 0.134. The molecule has 4 saturated carbocycles. The van der Waals surface area contributed by atoms with Gasteiger partial charge in [0, 0.05) is 31.4 Å². The highest BCUT2D eigenvalue weighted by Crippen LogP contribution is 2.60. The minimum atomic E-state index is -0.224. The summed E-state index contributed by atoms with van der Waals surface area (Å²) in [7, 11) is 1.54. The van der Waals surface area contributed by atoms with E-state index in [1.165, 1.54) is 26.2 Å². The molecule has 4 bridgehead atoms. The number of amides is 3. The second kappa shape index (κ2) is 8.28. The molecule has 7 heteroatoms. The summed E-state index contributed by atoms with van der Waals surface area (Å²) in [6.45, 7) is 1.72. The van der Waals surface area contributed by atoms with Crippen LogP contribution < -0.4 is 20.7 Å². The third kappa shape index (κ3) is 4.30. The van der Waals surface area contributed by atoms with Crippen molar-refractivity contribution >= 4 is 29.1 Å². The number of benzene rings is 1. The first-order valence-electron chi connectivity index (χ1n) is 10.9. The third-order valence-electron chi connectivity index (χ3n) is 6.97. The number of rotatable bonds is 7. The number of carbonyl (C=O) groups is 3. The zero-order valence-corrected chi connectivity index (χ0v) is 17.8. The van der Waals surface area contributed by atoms with E-state index in [0.717, 1.165) is 19.3 Å². The molecule has 0 unspecified atom stereocenters. The Morgan fingerprint density at radius 1 is 1.00 bits per heavy atom. The van der Waals surface area contributed by atoms with Crippen molar-refractivity contribution in [1.82, 2.24) is 5.32 Å². The van der Waals surface area contributed by atoms with E-state index in [2.05, 4.69) is 16.0 Å². The second-order valence-corrected chi connectivity index (χ2v) is 9.34. The van der Waals surface area contributed by atoms with E-state index in [1.807, 2.05) is 0 Å². The van der Waals surface area contributed by atoms with Gasteiger partial charge in [-0.3, -0.25) is 14.4 Å². The lowest BCUT2D eigenvalue weighted by molar-refractivity contribution is -0.146. The summed E-state index contributed by atoms with van der Waals surface area (Å²) < 4.78 is 5.20. The first-order chi connectivity index (χ1) is 14.4. The molecule has 30 heavy (non-hydrogen) atoms. The van der Waals surface area contributed by atoms with E-state index in [1.54, 1.807) is 25.3 Å². The van der Waals surface area contributed by atoms with Crippen molar-refractivity contribution in [2.24, 2.45) is 23.2 Å². The molecule has 3 amide bonds. The fourth-order valence-electron chi connectivity index (χ4n) is 6.13. The van der Waals surface area contributed by atoms with Gasteiger partial charge in [-0.05, 0) is 68.4 Å². The molecule has 0 heterocycles. The van der Waals surface area contributed by atoms with E-state index in [0.29, 0.717) is 41.4 Å². The molecule has 7 nitrogen and oxygen atoms in total. The molecule has 4 aliphatic carbocycles. The highest BCUT2D eigenvalue weighted by molar-refractivity contribution is 5.99. The van der Waals surface area contributed by atoms with Gasteiger partial charge < -0.3 is 20.7 Å². The Morgan fingerprint density at radius 2 is 1.63 bits per heavy atom. The molecule has 0 radical (unpaired) electrons. The van der Waals surface area contributed by atoms with Gasteiger partial charge in [-0.1, -0.05) is 0 Å². The van der Waals surface area contributed by atoms with Crippen molar-refractivity contribution in [3.05, 3.63) is 18.2 Å². The van der Waals surface area contributed by atoms with Crippen LogP contribution in [0, 0.1) is 23.2 Å². The Kier molecular flexibility index (Phi) is 5.71. The average Bonchev–Trinajstić information content (AvgIpc) is 2.67. The Hall–Kier alpha value is -2.57. The topological polar surface area (TPSA) is 96.5 Å². The molecule has 5 rings (SSSR count). The zero-order valence-electron chi connectivity index (χ0n) is 17.8. The smallest absolute Gasteiger partial charge is 0.226 e. The van der Waals surface area contributed by atoms with Gasteiger partial charge in [0.25, 0.3) is 0 Å².